The smallest absolute Gasteiger partial charge is 0.310 e. The van der Waals surface area contributed by atoms with Gasteiger partial charge in [-0.15, -0.1) is 0 Å². The van der Waals surface area contributed by atoms with Crippen molar-refractivity contribution in [3.05, 3.63) is 52.3 Å². The number of carboxylic acid groups (broad SMARTS) is 1. The van der Waals surface area contributed by atoms with Gasteiger partial charge in [-0.25, -0.2) is 0 Å². The summed E-state index contributed by atoms with van der Waals surface area (Å²) in [5, 5.41) is 16.5. The zero-order chi connectivity index (χ0) is 20.2. The third-order valence-corrected chi connectivity index (χ3v) is 4.89. The van der Waals surface area contributed by atoms with Gasteiger partial charge in [0.15, 0.2) is 0 Å². The topological polar surface area (TPSA) is 84.2 Å². The summed E-state index contributed by atoms with van der Waals surface area (Å²) >= 11 is 0. The first kappa shape index (κ1) is 20.7. The standard InChI is InChI=1S/C21H29N3O3/c1-14-6-8-17(9-7-14)12-24-16(3)18(15(2)23-24)10-11-19(25)22-13-21(4,5)20(26)27/h6-9H,10-13H2,1-5H3,(H,22,25)(H,26,27). The van der Waals surface area contributed by atoms with Gasteiger partial charge in [0.25, 0.3) is 0 Å². The van der Waals surface area contributed by atoms with E-state index >= 15 is 0 Å². The quantitative estimate of drug-likeness (QED) is 0.747. The van der Waals surface area contributed by atoms with Crippen LogP contribution in [-0.2, 0) is 22.6 Å². The monoisotopic (exact) mass is 371 g/mol. The van der Waals surface area contributed by atoms with Gasteiger partial charge in [-0.1, -0.05) is 29.8 Å². The van der Waals surface area contributed by atoms with Crippen LogP contribution in [0.2, 0.25) is 0 Å². The van der Waals surface area contributed by atoms with Crippen LogP contribution >= 0.6 is 0 Å². The fourth-order valence-electron chi connectivity index (χ4n) is 2.84. The maximum Gasteiger partial charge on any atom is 0.310 e. The number of carbonyl (C=O) groups is 2. The van der Waals surface area contributed by atoms with E-state index in [0.29, 0.717) is 19.4 Å². The third-order valence-electron chi connectivity index (χ3n) is 4.89. The lowest BCUT2D eigenvalue weighted by molar-refractivity contribution is -0.146. The zero-order valence-corrected chi connectivity index (χ0v) is 16.8. The van der Waals surface area contributed by atoms with Crippen molar-refractivity contribution in [1.29, 1.82) is 0 Å². The molecule has 0 aliphatic heterocycles. The van der Waals surface area contributed by atoms with Crippen molar-refractivity contribution in [3.63, 3.8) is 0 Å². The Hall–Kier alpha value is -2.63. The summed E-state index contributed by atoms with van der Waals surface area (Å²) < 4.78 is 1.97. The number of aryl methyl sites for hydroxylation is 2. The molecule has 1 aromatic carbocycles. The maximum atomic E-state index is 12.1. The van der Waals surface area contributed by atoms with Crippen molar-refractivity contribution in [2.24, 2.45) is 5.41 Å². The van der Waals surface area contributed by atoms with Crippen LogP contribution in [0.15, 0.2) is 24.3 Å². The van der Waals surface area contributed by atoms with Crippen LogP contribution in [0.1, 0.15) is 48.3 Å². The highest BCUT2D eigenvalue weighted by atomic mass is 16.4. The van der Waals surface area contributed by atoms with Crippen LogP contribution in [0.5, 0.6) is 0 Å². The summed E-state index contributed by atoms with van der Waals surface area (Å²) in [6.45, 7) is 10.1. The van der Waals surface area contributed by atoms with Crippen LogP contribution < -0.4 is 5.32 Å². The average molecular weight is 371 g/mol. The molecule has 0 fully saturated rings. The Morgan fingerprint density at radius 2 is 1.78 bits per heavy atom. The molecule has 1 heterocycles. The molecule has 0 aliphatic carbocycles. The fraction of sp³-hybridized carbons (Fsp3) is 0.476. The molecule has 0 radical (unpaired) electrons. The molecule has 6 heteroatoms. The molecule has 1 aromatic heterocycles. The molecule has 0 unspecified atom stereocenters. The van der Waals surface area contributed by atoms with E-state index in [1.807, 2.05) is 18.5 Å². The van der Waals surface area contributed by atoms with E-state index in [1.165, 1.54) is 11.1 Å². The third kappa shape index (κ3) is 5.42. The largest absolute Gasteiger partial charge is 0.481 e. The second-order valence-electron chi connectivity index (χ2n) is 7.76. The number of hydrogen-bond donors (Lipinski definition) is 2. The second kappa shape index (κ2) is 8.37. The molecule has 6 nitrogen and oxygen atoms in total. The molecule has 0 saturated carbocycles. The summed E-state index contributed by atoms with van der Waals surface area (Å²) in [4.78, 5) is 23.2. The first-order valence-corrected chi connectivity index (χ1v) is 9.18. The van der Waals surface area contributed by atoms with Crippen molar-refractivity contribution in [2.75, 3.05) is 6.54 Å². The van der Waals surface area contributed by atoms with Gasteiger partial charge in [-0.05, 0) is 52.2 Å². The van der Waals surface area contributed by atoms with E-state index in [4.69, 9.17) is 5.11 Å². The van der Waals surface area contributed by atoms with Gasteiger partial charge in [-0.2, -0.15) is 5.10 Å². The van der Waals surface area contributed by atoms with Crippen LogP contribution in [0.25, 0.3) is 0 Å². The fourth-order valence-corrected chi connectivity index (χ4v) is 2.84. The summed E-state index contributed by atoms with van der Waals surface area (Å²) in [6.07, 6.45) is 0.901. The van der Waals surface area contributed by atoms with Crippen molar-refractivity contribution in [3.8, 4) is 0 Å². The van der Waals surface area contributed by atoms with E-state index in [9.17, 15) is 9.59 Å². The van der Waals surface area contributed by atoms with E-state index in [2.05, 4.69) is 41.6 Å². The molecule has 2 rings (SSSR count). The van der Waals surface area contributed by atoms with Gasteiger partial charge in [0.1, 0.15) is 0 Å². The molecule has 1 amide bonds. The Bertz CT molecular complexity index is 820. The lowest BCUT2D eigenvalue weighted by Crippen LogP contribution is -2.38. The number of nitrogens with one attached hydrogen (secondary N) is 1. The highest BCUT2D eigenvalue weighted by molar-refractivity contribution is 5.78. The average Bonchev–Trinajstić information content (AvgIpc) is 2.86. The van der Waals surface area contributed by atoms with Crippen molar-refractivity contribution >= 4 is 11.9 Å². The number of rotatable bonds is 8. The highest BCUT2D eigenvalue weighted by Crippen LogP contribution is 2.17. The molecule has 2 aromatic rings. The van der Waals surface area contributed by atoms with Gasteiger partial charge in [0.05, 0.1) is 17.7 Å². The maximum absolute atomic E-state index is 12.1. The molecular weight excluding hydrogens is 342 g/mol. The summed E-state index contributed by atoms with van der Waals surface area (Å²) in [6, 6.07) is 8.38. The molecule has 0 aliphatic rings. The molecule has 0 atom stereocenters. The number of carbonyl (C=O) groups excluding carboxylic acids is 1. The number of aliphatic carboxylic acids is 1. The Morgan fingerprint density at radius 1 is 1.15 bits per heavy atom. The van der Waals surface area contributed by atoms with E-state index < -0.39 is 11.4 Å². The van der Waals surface area contributed by atoms with Crippen LogP contribution in [0.4, 0.5) is 0 Å². The number of amides is 1. The number of aromatic nitrogens is 2. The first-order chi connectivity index (χ1) is 12.6. The van der Waals surface area contributed by atoms with E-state index in [0.717, 1.165) is 17.0 Å². The number of carboxylic acids is 1. The molecule has 0 saturated heterocycles. The van der Waals surface area contributed by atoms with Gasteiger partial charge >= 0.3 is 5.97 Å². The molecule has 0 bridgehead atoms. The lowest BCUT2D eigenvalue weighted by atomic mass is 9.94. The predicted octanol–water partition coefficient (Wildman–Crippen LogP) is 3.02. The molecule has 2 N–H and O–H groups in total. The van der Waals surface area contributed by atoms with Crippen molar-refractivity contribution < 1.29 is 14.7 Å². The molecule has 27 heavy (non-hydrogen) atoms. The second-order valence-corrected chi connectivity index (χ2v) is 7.76. The van der Waals surface area contributed by atoms with Crippen LogP contribution in [0, 0.1) is 26.2 Å². The van der Waals surface area contributed by atoms with E-state index in [1.54, 1.807) is 13.8 Å². The lowest BCUT2D eigenvalue weighted by Gasteiger charge is -2.19. The molecule has 0 spiro atoms. The minimum Gasteiger partial charge on any atom is -0.481 e. The van der Waals surface area contributed by atoms with E-state index in [-0.39, 0.29) is 12.5 Å². The minimum atomic E-state index is -0.972. The summed E-state index contributed by atoms with van der Waals surface area (Å²) in [5.41, 5.74) is 4.51. The molecular formula is C21H29N3O3. The SMILES string of the molecule is Cc1ccc(Cn2nc(C)c(CCC(=O)NCC(C)(C)C(=O)O)c2C)cc1. The van der Waals surface area contributed by atoms with Crippen LogP contribution in [0.3, 0.4) is 0 Å². The normalized spacial score (nSPS) is 11.4. The van der Waals surface area contributed by atoms with Gasteiger partial charge in [0.2, 0.25) is 5.91 Å². The van der Waals surface area contributed by atoms with Crippen molar-refractivity contribution in [1.82, 2.24) is 15.1 Å². The highest BCUT2D eigenvalue weighted by Gasteiger charge is 2.27. The number of nitrogens with zero attached hydrogens (tertiary/aromatic N) is 2. The Morgan fingerprint density at radius 3 is 2.37 bits per heavy atom. The van der Waals surface area contributed by atoms with Crippen molar-refractivity contribution in [2.45, 2.75) is 54.0 Å². The van der Waals surface area contributed by atoms with Crippen LogP contribution in [-0.4, -0.2) is 33.3 Å². The number of hydrogen-bond acceptors (Lipinski definition) is 3. The first-order valence-electron chi connectivity index (χ1n) is 9.18. The number of benzene rings is 1. The van der Waals surface area contributed by atoms with Gasteiger partial charge in [-0.3, -0.25) is 14.3 Å². The summed E-state index contributed by atoms with van der Waals surface area (Å²) in [7, 11) is 0. The predicted molar refractivity (Wildman–Crippen MR) is 105 cm³/mol. The Balaban J connectivity index is 1.97. The molecule has 146 valence electrons. The van der Waals surface area contributed by atoms with Gasteiger partial charge in [0, 0.05) is 18.7 Å². The van der Waals surface area contributed by atoms with Gasteiger partial charge < -0.3 is 10.4 Å². The summed E-state index contributed by atoms with van der Waals surface area (Å²) in [5.74, 6) is -1.07. The minimum absolute atomic E-state index is 0.117. The Kier molecular flexibility index (Phi) is 6.41. The Labute approximate surface area is 160 Å². The zero-order valence-electron chi connectivity index (χ0n) is 16.8.